The van der Waals surface area contributed by atoms with E-state index in [9.17, 15) is 9.90 Å². The first-order valence-electron chi connectivity index (χ1n) is 6.27. The van der Waals surface area contributed by atoms with Crippen LogP contribution in [0.15, 0.2) is 0 Å². The Morgan fingerprint density at radius 1 is 1.39 bits per heavy atom. The number of hydrogen-bond donors (Lipinski definition) is 2. The van der Waals surface area contributed by atoms with E-state index in [0.29, 0.717) is 45.6 Å². The number of ether oxygens (including phenoxy) is 1. The van der Waals surface area contributed by atoms with E-state index >= 15 is 0 Å². The SMILES string of the molecule is CC1(O)CCN(C(=O)C2(C(N)=S)CCOCC2)C1. The van der Waals surface area contributed by atoms with Crippen LogP contribution in [0.5, 0.6) is 0 Å². The van der Waals surface area contributed by atoms with Gasteiger partial charge in [-0.2, -0.15) is 0 Å². The lowest BCUT2D eigenvalue weighted by Crippen LogP contribution is -2.53. The zero-order valence-corrected chi connectivity index (χ0v) is 11.5. The van der Waals surface area contributed by atoms with E-state index < -0.39 is 11.0 Å². The van der Waals surface area contributed by atoms with Crippen molar-refractivity contribution in [2.45, 2.75) is 31.8 Å². The average Bonchev–Trinajstić information content (AvgIpc) is 2.69. The molecule has 0 aromatic rings. The highest BCUT2D eigenvalue weighted by Gasteiger charge is 2.47. The monoisotopic (exact) mass is 272 g/mol. The Morgan fingerprint density at radius 3 is 2.44 bits per heavy atom. The standard InChI is InChI=1S/C12H20N2O3S/c1-11(16)2-5-14(8-11)10(15)12(9(13)18)3-6-17-7-4-12/h16H,2-8H2,1H3,(H2,13,18). The van der Waals surface area contributed by atoms with Crippen LogP contribution in [0.25, 0.3) is 0 Å². The number of likely N-dealkylation sites (tertiary alicyclic amines) is 1. The van der Waals surface area contributed by atoms with E-state index in [1.807, 2.05) is 0 Å². The molecule has 2 fully saturated rings. The van der Waals surface area contributed by atoms with Crippen LogP contribution in [0, 0.1) is 5.41 Å². The van der Waals surface area contributed by atoms with Crippen molar-refractivity contribution in [2.24, 2.45) is 11.1 Å². The Bertz CT molecular complexity index is 364. The molecule has 1 unspecified atom stereocenters. The van der Waals surface area contributed by atoms with E-state index in [-0.39, 0.29) is 10.9 Å². The first kappa shape index (κ1) is 13.7. The molecule has 1 amide bonds. The summed E-state index contributed by atoms with van der Waals surface area (Å²) in [6, 6.07) is 0. The largest absolute Gasteiger partial charge is 0.392 e. The third-order valence-corrected chi connectivity index (χ3v) is 4.36. The molecule has 2 aliphatic rings. The van der Waals surface area contributed by atoms with Crippen LogP contribution in [-0.2, 0) is 9.53 Å². The van der Waals surface area contributed by atoms with Crippen molar-refractivity contribution in [3.63, 3.8) is 0 Å². The van der Waals surface area contributed by atoms with Crippen LogP contribution in [0.2, 0.25) is 0 Å². The van der Waals surface area contributed by atoms with Crippen LogP contribution in [-0.4, -0.2) is 52.8 Å². The molecule has 0 spiro atoms. The van der Waals surface area contributed by atoms with Crippen molar-refractivity contribution in [1.82, 2.24) is 4.90 Å². The fourth-order valence-electron chi connectivity index (χ4n) is 2.71. The minimum Gasteiger partial charge on any atom is -0.392 e. The number of carbonyl (C=O) groups excluding carboxylic acids is 1. The summed E-state index contributed by atoms with van der Waals surface area (Å²) in [6.07, 6.45) is 1.68. The third-order valence-electron chi connectivity index (χ3n) is 3.97. The Hall–Kier alpha value is -0.720. The van der Waals surface area contributed by atoms with Crippen molar-refractivity contribution >= 4 is 23.1 Å². The molecular formula is C12H20N2O3S. The van der Waals surface area contributed by atoms with Crippen molar-refractivity contribution in [3.8, 4) is 0 Å². The number of hydrogen-bond acceptors (Lipinski definition) is 4. The molecule has 3 N–H and O–H groups in total. The highest BCUT2D eigenvalue weighted by Crippen LogP contribution is 2.35. The molecule has 102 valence electrons. The molecule has 0 radical (unpaired) electrons. The number of rotatable bonds is 2. The second kappa shape index (κ2) is 4.75. The maximum Gasteiger partial charge on any atom is 0.235 e. The van der Waals surface area contributed by atoms with Crippen LogP contribution < -0.4 is 5.73 Å². The number of nitrogens with zero attached hydrogens (tertiary/aromatic N) is 1. The van der Waals surface area contributed by atoms with Gasteiger partial charge < -0.3 is 20.5 Å². The zero-order chi connectivity index (χ0) is 13.4. The van der Waals surface area contributed by atoms with Gasteiger partial charge >= 0.3 is 0 Å². The van der Waals surface area contributed by atoms with Gasteiger partial charge in [-0.15, -0.1) is 0 Å². The highest BCUT2D eigenvalue weighted by molar-refractivity contribution is 7.80. The molecular weight excluding hydrogens is 252 g/mol. The van der Waals surface area contributed by atoms with Crippen molar-refractivity contribution < 1.29 is 14.6 Å². The molecule has 2 heterocycles. The number of aliphatic hydroxyl groups is 1. The lowest BCUT2D eigenvalue weighted by atomic mass is 9.78. The van der Waals surface area contributed by atoms with E-state index in [1.165, 1.54) is 0 Å². The smallest absolute Gasteiger partial charge is 0.235 e. The maximum atomic E-state index is 12.6. The number of carbonyl (C=O) groups is 1. The Labute approximate surface area is 112 Å². The van der Waals surface area contributed by atoms with Crippen molar-refractivity contribution in [2.75, 3.05) is 26.3 Å². The van der Waals surface area contributed by atoms with Gasteiger partial charge in [0.25, 0.3) is 0 Å². The molecule has 0 bridgehead atoms. The summed E-state index contributed by atoms with van der Waals surface area (Å²) in [5.74, 6) is -0.0453. The lowest BCUT2D eigenvalue weighted by molar-refractivity contribution is -0.142. The Kier molecular flexibility index (Phi) is 3.62. The fourth-order valence-corrected chi connectivity index (χ4v) is 3.00. The number of nitrogens with two attached hydrogens (primary N) is 1. The second-order valence-electron chi connectivity index (χ2n) is 5.53. The molecule has 0 aromatic carbocycles. The lowest BCUT2D eigenvalue weighted by Gasteiger charge is -2.37. The van der Waals surface area contributed by atoms with Gasteiger partial charge in [-0.05, 0) is 26.2 Å². The van der Waals surface area contributed by atoms with E-state index in [1.54, 1.807) is 11.8 Å². The van der Waals surface area contributed by atoms with Gasteiger partial charge in [0, 0.05) is 26.3 Å². The van der Waals surface area contributed by atoms with Crippen LogP contribution >= 0.6 is 12.2 Å². The fraction of sp³-hybridized carbons (Fsp3) is 0.833. The van der Waals surface area contributed by atoms with E-state index in [4.69, 9.17) is 22.7 Å². The minimum atomic E-state index is -0.793. The zero-order valence-electron chi connectivity index (χ0n) is 10.6. The van der Waals surface area contributed by atoms with Gasteiger partial charge in [0.2, 0.25) is 5.91 Å². The van der Waals surface area contributed by atoms with Gasteiger partial charge in [0.1, 0.15) is 5.41 Å². The summed E-state index contributed by atoms with van der Waals surface area (Å²) >= 11 is 5.11. The number of β-amino-alcohol motifs (C(OH)–C–C–N with tert-alkyl or cyclic N) is 1. The normalized spacial score (nSPS) is 31.3. The van der Waals surface area contributed by atoms with Gasteiger partial charge in [0.05, 0.1) is 10.6 Å². The van der Waals surface area contributed by atoms with Crippen molar-refractivity contribution in [3.05, 3.63) is 0 Å². The molecule has 18 heavy (non-hydrogen) atoms. The molecule has 2 rings (SSSR count). The minimum absolute atomic E-state index is 0.0453. The third kappa shape index (κ3) is 2.37. The molecule has 0 aromatic heterocycles. The molecule has 0 aliphatic carbocycles. The first-order valence-corrected chi connectivity index (χ1v) is 6.68. The number of thiocarbonyl (C=S) groups is 1. The Balaban J connectivity index is 2.17. The molecule has 0 saturated carbocycles. The van der Waals surface area contributed by atoms with E-state index in [2.05, 4.69) is 0 Å². The van der Waals surface area contributed by atoms with Crippen molar-refractivity contribution in [1.29, 1.82) is 0 Å². The maximum absolute atomic E-state index is 12.6. The van der Waals surface area contributed by atoms with Gasteiger partial charge in [-0.1, -0.05) is 12.2 Å². The quantitative estimate of drug-likeness (QED) is 0.695. The molecule has 2 aliphatic heterocycles. The summed E-state index contributed by atoms with van der Waals surface area (Å²) in [5, 5.41) is 9.95. The summed E-state index contributed by atoms with van der Waals surface area (Å²) < 4.78 is 5.29. The molecule has 6 heteroatoms. The Morgan fingerprint density at radius 2 is 2.00 bits per heavy atom. The summed E-state index contributed by atoms with van der Waals surface area (Å²) in [7, 11) is 0. The number of amides is 1. The molecule has 1 atom stereocenters. The van der Waals surface area contributed by atoms with E-state index in [0.717, 1.165) is 0 Å². The highest BCUT2D eigenvalue weighted by atomic mass is 32.1. The predicted octanol–water partition coefficient (Wildman–Crippen LogP) is 0.0526. The first-order chi connectivity index (χ1) is 8.37. The van der Waals surface area contributed by atoms with Gasteiger partial charge in [-0.3, -0.25) is 4.79 Å². The average molecular weight is 272 g/mol. The predicted molar refractivity (Wildman–Crippen MR) is 71.1 cm³/mol. The van der Waals surface area contributed by atoms with Gasteiger partial charge in [0.15, 0.2) is 0 Å². The second-order valence-corrected chi connectivity index (χ2v) is 5.97. The topological polar surface area (TPSA) is 75.8 Å². The van der Waals surface area contributed by atoms with Crippen LogP contribution in [0.3, 0.4) is 0 Å². The molecule has 5 nitrogen and oxygen atoms in total. The molecule has 2 saturated heterocycles. The summed E-state index contributed by atoms with van der Waals surface area (Å²) in [6.45, 7) is 3.69. The summed E-state index contributed by atoms with van der Waals surface area (Å²) in [4.78, 5) is 14.6. The van der Waals surface area contributed by atoms with Gasteiger partial charge in [-0.25, -0.2) is 0 Å². The van der Waals surface area contributed by atoms with Crippen LogP contribution in [0.1, 0.15) is 26.2 Å². The van der Waals surface area contributed by atoms with Crippen LogP contribution in [0.4, 0.5) is 0 Å². The summed E-state index contributed by atoms with van der Waals surface area (Å²) in [5.41, 5.74) is 4.24.